The SMILES string of the molecule is NCc1ccc(C(=O)Nc2ccc(Cl)c(C(=O)NC3CCCCC3)c2)cc1. The second kappa shape index (κ2) is 9.02. The quantitative estimate of drug-likeness (QED) is 0.724. The Labute approximate surface area is 164 Å². The van der Waals surface area contributed by atoms with Crippen LogP contribution in [-0.4, -0.2) is 17.9 Å². The number of halogens is 1. The average molecular weight is 386 g/mol. The van der Waals surface area contributed by atoms with Gasteiger partial charge in [-0.2, -0.15) is 0 Å². The van der Waals surface area contributed by atoms with Gasteiger partial charge in [-0.3, -0.25) is 9.59 Å². The van der Waals surface area contributed by atoms with E-state index in [1.54, 1.807) is 30.3 Å². The molecular formula is C21H24ClN3O2. The standard InChI is InChI=1S/C21H24ClN3O2/c22-19-11-10-17(25-20(26)15-8-6-14(13-23)7-9-15)12-18(19)21(27)24-16-4-2-1-3-5-16/h6-12,16H,1-5,13,23H2,(H,24,27)(H,25,26). The third kappa shape index (κ3) is 5.08. The topological polar surface area (TPSA) is 84.2 Å². The van der Waals surface area contributed by atoms with Crippen molar-refractivity contribution in [2.45, 2.75) is 44.7 Å². The summed E-state index contributed by atoms with van der Waals surface area (Å²) >= 11 is 6.21. The number of carbonyl (C=O) groups is 2. The van der Waals surface area contributed by atoms with Crippen LogP contribution in [0.1, 0.15) is 58.4 Å². The van der Waals surface area contributed by atoms with Gasteiger partial charge >= 0.3 is 0 Å². The van der Waals surface area contributed by atoms with Crippen LogP contribution in [0.15, 0.2) is 42.5 Å². The molecule has 1 fully saturated rings. The van der Waals surface area contributed by atoms with Crippen molar-refractivity contribution in [2.75, 3.05) is 5.32 Å². The second-order valence-electron chi connectivity index (χ2n) is 6.86. The lowest BCUT2D eigenvalue weighted by Crippen LogP contribution is -2.36. The minimum atomic E-state index is -0.250. The minimum Gasteiger partial charge on any atom is -0.349 e. The molecule has 0 aliphatic heterocycles. The molecule has 0 bridgehead atoms. The van der Waals surface area contributed by atoms with Crippen molar-refractivity contribution >= 4 is 29.1 Å². The molecule has 0 aromatic heterocycles. The van der Waals surface area contributed by atoms with Crippen molar-refractivity contribution in [3.05, 3.63) is 64.2 Å². The molecule has 2 aromatic rings. The Morgan fingerprint density at radius 3 is 2.37 bits per heavy atom. The fourth-order valence-corrected chi connectivity index (χ4v) is 3.49. The molecule has 0 unspecified atom stereocenters. The Balaban J connectivity index is 1.70. The summed E-state index contributed by atoms with van der Waals surface area (Å²) in [6, 6.07) is 12.2. The van der Waals surface area contributed by atoms with Gasteiger partial charge in [-0.1, -0.05) is 43.0 Å². The van der Waals surface area contributed by atoms with E-state index in [-0.39, 0.29) is 17.9 Å². The molecule has 5 nitrogen and oxygen atoms in total. The fraction of sp³-hybridized carbons (Fsp3) is 0.333. The van der Waals surface area contributed by atoms with Gasteiger partial charge in [0.25, 0.3) is 11.8 Å². The highest BCUT2D eigenvalue weighted by atomic mass is 35.5. The summed E-state index contributed by atoms with van der Waals surface area (Å²) in [5.41, 5.74) is 7.96. The molecule has 0 saturated heterocycles. The first-order chi connectivity index (χ1) is 13.1. The highest BCUT2D eigenvalue weighted by molar-refractivity contribution is 6.34. The van der Waals surface area contributed by atoms with Crippen molar-refractivity contribution < 1.29 is 9.59 Å². The van der Waals surface area contributed by atoms with Crippen LogP contribution in [-0.2, 0) is 6.54 Å². The van der Waals surface area contributed by atoms with Gasteiger partial charge < -0.3 is 16.4 Å². The first kappa shape index (κ1) is 19.4. The number of hydrogen-bond acceptors (Lipinski definition) is 3. The number of nitrogens with one attached hydrogen (secondary N) is 2. The normalized spacial score (nSPS) is 14.6. The van der Waals surface area contributed by atoms with Crippen LogP contribution >= 0.6 is 11.6 Å². The molecule has 0 atom stereocenters. The van der Waals surface area contributed by atoms with E-state index in [9.17, 15) is 9.59 Å². The zero-order valence-electron chi connectivity index (χ0n) is 15.1. The second-order valence-corrected chi connectivity index (χ2v) is 7.27. The van der Waals surface area contributed by atoms with E-state index in [4.69, 9.17) is 17.3 Å². The molecule has 27 heavy (non-hydrogen) atoms. The number of hydrogen-bond donors (Lipinski definition) is 3. The molecular weight excluding hydrogens is 362 g/mol. The lowest BCUT2D eigenvalue weighted by atomic mass is 9.95. The summed E-state index contributed by atoms with van der Waals surface area (Å²) < 4.78 is 0. The van der Waals surface area contributed by atoms with Gasteiger partial charge in [-0.05, 0) is 48.7 Å². The summed E-state index contributed by atoms with van der Waals surface area (Å²) in [6.45, 7) is 0.429. The Bertz CT molecular complexity index is 815. The summed E-state index contributed by atoms with van der Waals surface area (Å²) in [5, 5.41) is 6.24. The summed E-state index contributed by atoms with van der Waals surface area (Å²) in [5.74, 6) is -0.449. The minimum absolute atomic E-state index is 0.196. The Hall–Kier alpha value is -2.37. The van der Waals surface area contributed by atoms with E-state index in [2.05, 4.69) is 10.6 Å². The van der Waals surface area contributed by atoms with Gasteiger partial charge in [0.1, 0.15) is 0 Å². The molecule has 0 spiro atoms. The number of benzene rings is 2. The summed E-state index contributed by atoms with van der Waals surface area (Å²) in [4.78, 5) is 25.0. The summed E-state index contributed by atoms with van der Waals surface area (Å²) in [6.07, 6.45) is 5.49. The number of anilines is 1. The maximum atomic E-state index is 12.6. The van der Waals surface area contributed by atoms with Gasteiger partial charge in [0, 0.05) is 23.8 Å². The Morgan fingerprint density at radius 2 is 1.70 bits per heavy atom. The molecule has 6 heteroatoms. The molecule has 0 heterocycles. The van der Waals surface area contributed by atoms with E-state index < -0.39 is 0 Å². The molecule has 1 aliphatic rings. The molecule has 2 amide bonds. The Morgan fingerprint density at radius 1 is 1.00 bits per heavy atom. The zero-order chi connectivity index (χ0) is 19.2. The predicted octanol–water partition coefficient (Wildman–Crippen LogP) is 4.11. The average Bonchev–Trinajstić information content (AvgIpc) is 2.70. The lowest BCUT2D eigenvalue weighted by molar-refractivity contribution is 0.0926. The zero-order valence-corrected chi connectivity index (χ0v) is 15.9. The molecule has 1 saturated carbocycles. The molecule has 142 valence electrons. The number of amides is 2. The van der Waals surface area contributed by atoms with Crippen LogP contribution in [0.3, 0.4) is 0 Å². The first-order valence-electron chi connectivity index (χ1n) is 9.27. The fourth-order valence-electron chi connectivity index (χ4n) is 3.28. The first-order valence-corrected chi connectivity index (χ1v) is 9.65. The van der Waals surface area contributed by atoms with E-state index in [0.29, 0.717) is 28.4 Å². The number of nitrogens with two attached hydrogens (primary N) is 1. The lowest BCUT2D eigenvalue weighted by Gasteiger charge is -2.23. The van der Waals surface area contributed by atoms with Gasteiger partial charge in [0.2, 0.25) is 0 Å². The third-order valence-corrected chi connectivity index (χ3v) is 5.19. The van der Waals surface area contributed by atoms with E-state index in [1.807, 2.05) is 12.1 Å². The maximum Gasteiger partial charge on any atom is 0.255 e. The van der Waals surface area contributed by atoms with Crippen molar-refractivity contribution in [3.63, 3.8) is 0 Å². The largest absolute Gasteiger partial charge is 0.349 e. The van der Waals surface area contributed by atoms with Crippen molar-refractivity contribution in [1.82, 2.24) is 5.32 Å². The molecule has 2 aromatic carbocycles. The van der Waals surface area contributed by atoms with E-state index in [0.717, 1.165) is 31.2 Å². The molecule has 3 rings (SSSR count). The molecule has 0 radical (unpaired) electrons. The third-order valence-electron chi connectivity index (χ3n) is 4.86. The monoisotopic (exact) mass is 385 g/mol. The predicted molar refractivity (Wildman–Crippen MR) is 108 cm³/mol. The van der Waals surface area contributed by atoms with Crippen LogP contribution in [0.4, 0.5) is 5.69 Å². The van der Waals surface area contributed by atoms with Crippen LogP contribution in [0.25, 0.3) is 0 Å². The van der Waals surface area contributed by atoms with Crippen molar-refractivity contribution in [1.29, 1.82) is 0 Å². The maximum absolute atomic E-state index is 12.6. The van der Waals surface area contributed by atoms with Gasteiger partial charge in [0.15, 0.2) is 0 Å². The van der Waals surface area contributed by atoms with Crippen molar-refractivity contribution in [2.24, 2.45) is 5.73 Å². The van der Waals surface area contributed by atoms with Crippen molar-refractivity contribution in [3.8, 4) is 0 Å². The van der Waals surface area contributed by atoms with Gasteiger partial charge in [-0.25, -0.2) is 0 Å². The van der Waals surface area contributed by atoms with Gasteiger partial charge in [-0.15, -0.1) is 0 Å². The highest BCUT2D eigenvalue weighted by Crippen LogP contribution is 2.23. The van der Waals surface area contributed by atoms with Crippen LogP contribution in [0.5, 0.6) is 0 Å². The number of carbonyl (C=O) groups excluding carboxylic acids is 2. The van der Waals surface area contributed by atoms with Crippen LogP contribution < -0.4 is 16.4 Å². The Kier molecular flexibility index (Phi) is 6.48. The molecule has 4 N–H and O–H groups in total. The van der Waals surface area contributed by atoms with Crippen LogP contribution in [0, 0.1) is 0 Å². The van der Waals surface area contributed by atoms with Gasteiger partial charge in [0.05, 0.1) is 10.6 Å². The summed E-state index contributed by atoms with van der Waals surface area (Å²) in [7, 11) is 0. The highest BCUT2D eigenvalue weighted by Gasteiger charge is 2.19. The van der Waals surface area contributed by atoms with E-state index >= 15 is 0 Å². The smallest absolute Gasteiger partial charge is 0.255 e. The molecule has 1 aliphatic carbocycles. The van der Waals surface area contributed by atoms with Crippen LogP contribution in [0.2, 0.25) is 5.02 Å². The number of rotatable bonds is 5. The van der Waals surface area contributed by atoms with E-state index in [1.165, 1.54) is 6.42 Å².